The number of nitro benzene ring substituents is 1. The molecular formula is C7H5ClN2O2S. The van der Waals surface area contributed by atoms with E-state index in [0.29, 0.717) is 0 Å². The van der Waals surface area contributed by atoms with Crippen molar-refractivity contribution in [3.8, 4) is 0 Å². The maximum Gasteiger partial charge on any atom is 0.281 e. The molecule has 4 nitrogen and oxygen atoms in total. The molecular weight excluding hydrogens is 212 g/mol. The Morgan fingerprint density at radius 1 is 1.62 bits per heavy atom. The molecule has 0 atom stereocenters. The van der Waals surface area contributed by atoms with Crippen LogP contribution in [0.3, 0.4) is 0 Å². The lowest BCUT2D eigenvalue weighted by molar-refractivity contribution is -0.385. The Balaban J connectivity index is 3.43. The standard InChI is InChI=1S/C7H5ClN2O2S/c8-4-2-1-3-5(10(11)12)6(4)7(9)13/h1-3H,(H2,9,13). The van der Waals surface area contributed by atoms with Crippen molar-refractivity contribution < 1.29 is 4.92 Å². The lowest BCUT2D eigenvalue weighted by atomic mass is 10.2. The van der Waals surface area contributed by atoms with Gasteiger partial charge in [-0.3, -0.25) is 10.1 Å². The van der Waals surface area contributed by atoms with E-state index in [9.17, 15) is 10.1 Å². The van der Waals surface area contributed by atoms with Gasteiger partial charge in [0.15, 0.2) is 0 Å². The molecule has 6 heteroatoms. The molecule has 13 heavy (non-hydrogen) atoms. The number of hydrogen-bond donors (Lipinski definition) is 1. The smallest absolute Gasteiger partial charge is 0.281 e. The van der Waals surface area contributed by atoms with Gasteiger partial charge in [0.05, 0.1) is 9.95 Å². The van der Waals surface area contributed by atoms with Crippen LogP contribution in [0.1, 0.15) is 5.56 Å². The largest absolute Gasteiger partial charge is 0.389 e. The van der Waals surface area contributed by atoms with Gasteiger partial charge in [0.1, 0.15) is 10.6 Å². The highest BCUT2D eigenvalue weighted by Crippen LogP contribution is 2.25. The average Bonchev–Trinajstić information content (AvgIpc) is 2.02. The molecule has 0 aliphatic carbocycles. The van der Waals surface area contributed by atoms with Gasteiger partial charge in [-0.15, -0.1) is 0 Å². The van der Waals surface area contributed by atoms with E-state index in [1.807, 2.05) is 0 Å². The van der Waals surface area contributed by atoms with Gasteiger partial charge in [0.25, 0.3) is 5.69 Å². The first-order chi connectivity index (χ1) is 6.04. The summed E-state index contributed by atoms with van der Waals surface area (Å²) in [5.74, 6) is 0. The molecule has 0 unspecified atom stereocenters. The van der Waals surface area contributed by atoms with E-state index in [2.05, 4.69) is 12.2 Å². The highest BCUT2D eigenvalue weighted by molar-refractivity contribution is 7.80. The lowest BCUT2D eigenvalue weighted by Gasteiger charge is -2.01. The van der Waals surface area contributed by atoms with E-state index >= 15 is 0 Å². The number of hydrogen-bond acceptors (Lipinski definition) is 3. The lowest BCUT2D eigenvalue weighted by Crippen LogP contribution is -2.12. The van der Waals surface area contributed by atoms with Crippen LogP contribution in [0.2, 0.25) is 5.02 Å². The summed E-state index contributed by atoms with van der Waals surface area (Å²) in [4.78, 5) is 9.87. The number of benzene rings is 1. The Labute approximate surface area is 84.5 Å². The van der Waals surface area contributed by atoms with Gasteiger partial charge in [-0.05, 0) is 6.07 Å². The first kappa shape index (κ1) is 9.88. The maximum absolute atomic E-state index is 10.5. The highest BCUT2D eigenvalue weighted by atomic mass is 35.5. The second-order valence-corrected chi connectivity index (χ2v) is 3.10. The summed E-state index contributed by atoms with van der Waals surface area (Å²) < 4.78 is 0. The molecule has 68 valence electrons. The molecule has 0 saturated carbocycles. The first-order valence-electron chi connectivity index (χ1n) is 3.26. The van der Waals surface area contributed by atoms with Crippen LogP contribution < -0.4 is 5.73 Å². The van der Waals surface area contributed by atoms with Crippen LogP contribution in [0.25, 0.3) is 0 Å². The van der Waals surface area contributed by atoms with E-state index in [1.165, 1.54) is 18.2 Å². The molecule has 0 radical (unpaired) electrons. The monoisotopic (exact) mass is 216 g/mol. The van der Waals surface area contributed by atoms with Crippen LogP contribution in [0.4, 0.5) is 5.69 Å². The van der Waals surface area contributed by atoms with Gasteiger partial charge in [-0.1, -0.05) is 29.9 Å². The van der Waals surface area contributed by atoms with Crippen LogP contribution in [-0.4, -0.2) is 9.91 Å². The first-order valence-corrected chi connectivity index (χ1v) is 4.05. The number of nitrogens with two attached hydrogens (primary N) is 1. The van der Waals surface area contributed by atoms with E-state index in [4.69, 9.17) is 17.3 Å². The van der Waals surface area contributed by atoms with Gasteiger partial charge < -0.3 is 5.73 Å². The quantitative estimate of drug-likeness (QED) is 0.466. The second-order valence-electron chi connectivity index (χ2n) is 2.26. The van der Waals surface area contributed by atoms with E-state index < -0.39 is 4.92 Å². The molecule has 1 rings (SSSR count). The zero-order valence-corrected chi connectivity index (χ0v) is 7.93. The minimum absolute atomic E-state index is 0.0719. The van der Waals surface area contributed by atoms with Crippen molar-refractivity contribution >= 4 is 34.5 Å². The van der Waals surface area contributed by atoms with Crippen LogP contribution in [0.15, 0.2) is 18.2 Å². The Kier molecular flexibility index (Phi) is 2.79. The van der Waals surface area contributed by atoms with E-state index in [1.54, 1.807) is 0 Å². The SMILES string of the molecule is NC(=S)c1c(Cl)cccc1[N+](=O)[O-]. The van der Waals surface area contributed by atoms with E-state index in [0.717, 1.165) is 0 Å². The zero-order chi connectivity index (χ0) is 10.0. The molecule has 0 amide bonds. The molecule has 0 heterocycles. The summed E-state index contributed by atoms with van der Waals surface area (Å²) in [7, 11) is 0. The molecule has 0 aliphatic rings. The topological polar surface area (TPSA) is 69.2 Å². The van der Waals surface area contributed by atoms with Gasteiger partial charge in [-0.25, -0.2) is 0 Å². The van der Waals surface area contributed by atoms with Crippen molar-refractivity contribution in [2.45, 2.75) is 0 Å². The molecule has 0 fully saturated rings. The predicted molar refractivity (Wildman–Crippen MR) is 54.0 cm³/mol. The third-order valence-electron chi connectivity index (χ3n) is 1.43. The number of nitrogens with zero attached hydrogens (tertiary/aromatic N) is 1. The summed E-state index contributed by atoms with van der Waals surface area (Å²) in [6, 6.07) is 4.28. The van der Waals surface area contributed by atoms with Crippen molar-refractivity contribution in [2.24, 2.45) is 5.73 Å². The predicted octanol–water partition coefficient (Wildman–Crippen LogP) is 1.88. The van der Waals surface area contributed by atoms with Gasteiger partial charge >= 0.3 is 0 Å². The van der Waals surface area contributed by atoms with Crippen LogP contribution in [-0.2, 0) is 0 Å². The molecule has 1 aromatic carbocycles. The number of rotatable bonds is 2. The fourth-order valence-corrected chi connectivity index (χ4v) is 1.45. The number of thiocarbonyl (C=S) groups is 1. The Hall–Kier alpha value is -1.20. The highest BCUT2D eigenvalue weighted by Gasteiger charge is 2.18. The van der Waals surface area contributed by atoms with Crippen molar-refractivity contribution in [1.82, 2.24) is 0 Å². The molecule has 0 aromatic heterocycles. The molecule has 0 spiro atoms. The normalized spacial score (nSPS) is 9.62. The number of nitro groups is 1. The summed E-state index contributed by atoms with van der Waals surface area (Å²) in [5.41, 5.74) is 5.24. The van der Waals surface area contributed by atoms with Gasteiger partial charge in [0.2, 0.25) is 0 Å². The zero-order valence-electron chi connectivity index (χ0n) is 6.36. The molecule has 0 saturated heterocycles. The minimum atomic E-state index is -0.569. The van der Waals surface area contributed by atoms with E-state index in [-0.39, 0.29) is 21.3 Å². The fourth-order valence-electron chi connectivity index (χ4n) is 0.909. The van der Waals surface area contributed by atoms with Crippen molar-refractivity contribution in [2.75, 3.05) is 0 Å². The molecule has 2 N–H and O–H groups in total. The van der Waals surface area contributed by atoms with Crippen LogP contribution >= 0.6 is 23.8 Å². The third-order valence-corrected chi connectivity index (χ3v) is 1.95. The molecule has 0 aliphatic heterocycles. The Bertz CT molecular complexity index is 381. The summed E-state index contributed by atoms with van der Waals surface area (Å²) in [6.45, 7) is 0. The molecule has 0 bridgehead atoms. The van der Waals surface area contributed by atoms with Crippen molar-refractivity contribution in [3.63, 3.8) is 0 Å². The summed E-state index contributed by atoms with van der Waals surface area (Å²) in [5, 5.41) is 10.7. The van der Waals surface area contributed by atoms with Crippen molar-refractivity contribution in [3.05, 3.63) is 38.9 Å². The maximum atomic E-state index is 10.5. The molecule has 1 aromatic rings. The van der Waals surface area contributed by atoms with Gasteiger partial charge in [-0.2, -0.15) is 0 Å². The Morgan fingerprint density at radius 3 is 2.62 bits per heavy atom. The third kappa shape index (κ3) is 1.93. The number of halogens is 1. The van der Waals surface area contributed by atoms with Crippen LogP contribution in [0, 0.1) is 10.1 Å². The average molecular weight is 217 g/mol. The van der Waals surface area contributed by atoms with Crippen molar-refractivity contribution in [1.29, 1.82) is 0 Å². The summed E-state index contributed by atoms with van der Waals surface area (Å²) in [6.07, 6.45) is 0. The Morgan fingerprint density at radius 2 is 2.23 bits per heavy atom. The van der Waals surface area contributed by atoms with Gasteiger partial charge in [0, 0.05) is 6.07 Å². The second kappa shape index (κ2) is 3.68. The minimum Gasteiger partial charge on any atom is -0.389 e. The van der Waals surface area contributed by atoms with Crippen LogP contribution in [0.5, 0.6) is 0 Å². The summed E-state index contributed by atoms with van der Waals surface area (Å²) >= 11 is 10.3. The fraction of sp³-hybridized carbons (Fsp3) is 0.